The van der Waals surface area contributed by atoms with Gasteiger partial charge in [0.2, 0.25) is 0 Å². The highest BCUT2D eigenvalue weighted by atomic mass is 16.6. The smallest absolute Gasteiger partial charge is 0.409 e. The number of piperidine rings is 1. The number of amides is 1. The number of nitrogens with zero attached hydrogens (tertiary/aromatic N) is 1. The largest absolute Gasteiger partial charge is 0.450 e. The third-order valence-corrected chi connectivity index (χ3v) is 2.79. The molecule has 0 spiro atoms. The lowest BCUT2D eigenvalue weighted by Gasteiger charge is -2.13. The molecule has 2 saturated heterocycles. The van der Waals surface area contributed by atoms with E-state index in [1.54, 1.807) is 4.90 Å². The number of nitrogens with one attached hydrogen (secondary N) is 1. The minimum absolute atomic E-state index is 0.153. The summed E-state index contributed by atoms with van der Waals surface area (Å²) in [6.07, 6.45) is 3.57. The molecular formula is C14H28N2O3. The molecule has 2 aliphatic heterocycles. The van der Waals surface area contributed by atoms with Crippen molar-refractivity contribution in [3.05, 3.63) is 0 Å². The third kappa shape index (κ3) is 8.59. The molecule has 5 heteroatoms. The van der Waals surface area contributed by atoms with E-state index in [9.17, 15) is 9.59 Å². The minimum atomic E-state index is -0.153. The van der Waals surface area contributed by atoms with Gasteiger partial charge in [-0.2, -0.15) is 0 Å². The first-order chi connectivity index (χ1) is 9.24. The van der Waals surface area contributed by atoms with E-state index in [1.165, 1.54) is 0 Å². The molecule has 0 bridgehead atoms. The van der Waals surface area contributed by atoms with Crippen LogP contribution in [0.25, 0.3) is 0 Å². The lowest BCUT2D eigenvalue weighted by Crippen LogP contribution is -2.28. The van der Waals surface area contributed by atoms with Crippen LogP contribution in [0.2, 0.25) is 0 Å². The predicted octanol–water partition coefficient (Wildman–Crippen LogP) is 2.20. The summed E-state index contributed by atoms with van der Waals surface area (Å²) in [5.41, 5.74) is 0. The number of Topliss-reactive ketones (excluding diaryl/α,β-unsaturated/α-hetero) is 1. The fraction of sp³-hybridized carbons (Fsp3) is 0.857. The number of ether oxygens (including phenoxy) is 1. The maximum atomic E-state index is 10.9. The molecule has 2 rings (SSSR count). The number of hydrogen-bond acceptors (Lipinski definition) is 4. The van der Waals surface area contributed by atoms with Gasteiger partial charge in [0.05, 0.1) is 6.61 Å². The Morgan fingerprint density at radius 1 is 1.21 bits per heavy atom. The van der Waals surface area contributed by atoms with E-state index < -0.39 is 0 Å². The number of likely N-dealkylation sites (tertiary alicyclic amines) is 1. The summed E-state index contributed by atoms with van der Waals surface area (Å²) in [4.78, 5) is 23.1. The van der Waals surface area contributed by atoms with Gasteiger partial charge in [0.1, 0.15) is 5.78 Å². The van der Waals surface area contributed by atoms with Gasteiger partial charge in [0.25, 0.3) is 0 Å². The first-order valence-corrected chi connectivity index (χ1v) is 7.38. The normalized spacial score (nSPS) is 17.8. The van der Waals surface area contributed by atoms with E-state index in [2.05, 4.69) is 5.32 Å². The Morgan fingerprint density at radius 3 is 2.11 bits per heavy atom. The Balaban J connectivity index is 0.000000316. The van der Waals surface area contributed by atoms with Crippen LogP contribution in [0.15, 0.2) is 0 Å². The van der Waals surface area contributed by atoms with Crippen LogP contribution in [0, 0.1) is 0 Å². The van der Waals surface area contributed by atoms with Crippen molar-refractivity contribution in [3.63, 3.8) is 0 Å². The molecule has 1 amide bonds. The Labute approximate surface area is 116 Å². The van der Waals surface area contributed by atoms with Crippen molar-refractivity contribution in [2.45, 2.75) is 46.5 Å². The Kier molecular flexibility index (Phi) is 11.3. The standard InChI is InChI=1S/C7H13NO2.C5H9NO.C2H6/c1-2-10-7(9)8-5-3-4-6-8;7-5-1-3-6-4-2-5;1-2/h2-6H2,1H3;6H,1-4H2;1-2H3. The number of carbonyl (C=O) groups is 2. The Bertz CT molecular complexity index is 243. The van der Waals surface area contributed by atoms with Gasteiger partial charge in [0, 0.05) is 39.0 Å². The summed E-state index contributed by atoms with van der Waals surface area (Å²) in [6, 6.07) is 0. The van der Waals surface area contributed by atoms with E-state index >= 15 is 0 Å². The average Bonchev–Trinajstić information content (AvgIpc) is 2.97. The van der Waals surface area contributed by atoms with Gasteiger partial charge in [-0.15, -0.1) is 0 Å². The monoisotopic (exact) mass is 272 g/mol. The molecule has 0 unspecified atom stereocenters. The lowest BCUT2D eigenvalue weighted by molar-refractivity contribution is -0.119. The lowest BCUT2D eigenvalue weighted by atomic mass is 10.1. The molecule has 0 aromatic carbocycles. The molecular weight excluding hydrogens is 244 g/mol. The highest BCUT2D eigenvalue weighted by Crippen LogP contribution is 2.08. The molecule has 0 radical (unpaired) electrons. The molecule has 2 fully saturated rings. The van der Waals surface area contributed by atoms with Crippen molar-refractivity contribution >= 4 is 11.9 Å². The van der Waals surface area contributed by atoms with E-state index in [0.717, 1.165) is 51.9 Å². The van der Waals surface area contributed by atoms with Crippen molar-refractivity contribution in [2.75, 3.05) is 32.8 Å². The van der Waals surface area contributed by atoms with Crippen molar-refractivity contribution in [1.29, 1.82) is 0 Å². The van der Waals surface area contributed by atoms with Gasteiger partial charge in [0.15, 0.2) is 0 Å². The van der Waals surface area contributed by atoms with E-state index in [1.807, 2.05) is 20.8 Å². The molecule has 2 heterocycles. The second-order valence-corrected chi connectivity index (χ2v) is 4.18. The zero-order chi connectivity index (χ0) is 14.5. The summed E-state index contributed by atoms with van der Waals surface area (Å²) in [6.45, 7) is 9.83. The first kappa shape index (κ1) is 17.9. The predicted molar refractivity (Wildman–Crippen MR) is 76.3 cm³/mol. The molecule has 0 aromatic heterocycles. The SMILES string of the molecule is CC.CCOC(=O)N1CCCC1.O=C1CCNCC1. The van der Waals surface area contributed by atoms with E-state index in [-0.39, 0.29) is 6.09 Å². The van der Waals surface area contributed by atoms with Crippen LogP contribution in [-0.2, 0) is 9.53 Å². The molecule has 0 saturated carbocycles. The minimum Gasteiger partial charge on any atom is -0.450 e. The van der Waals surface area contributed by atoms with Crippen molar-refractivity contribution in [1.82, 2.24) is 10.2 Å². The number of hydrogen-bond donors (Lipinski definition) is 1. The molecule has 0 atom stereocenters. The van der Waals surface area contributed by atoms with Gasteiger partial charge in [-0.1, -0.05) is 13.8 Å². The van der Waals surface area contributed by atoms with Gasteiger partial charge < -0.3 is 15.0 Å². The number of rotatable bonds is 1. The summed E-state index contributed by atoms with van der Waals surface area (Å²) >= 11 is 0. The van der Waals surface area contributed by atoms with E-state index in [0.29, 0.717) is 12.4 Å². The van der Waals surface area contributed by atoms with Crippen LogP contribution in [0.3, 0.4) is 0 Å². The zero-order valence-electron chi connectivity index (χ0n) is 12.5. The molecule has 19 heavy (non-hydrogen) atoms. The second kappa shape index (κ2) is 12.0. The summed E-state index contributed by atoms with van der Waals surface area (Å²) in [7, 11) is 0. The number of ketones is 1. The Hall–Kier alpha value is -1.10. The average molecular weight is 272 g/mol. The second-order valence-electron chi connectivity index (χ2n) is 4.18. The molecule has 1 N–H and O–H groups in total. The molecule has 2 aliphatic rings. The van der Waals surface area contributed by atoms with Crippen LogP contribution in [0.4, 0.5) is 4.79 Å². The topological polar surface area (TPSA) is 58.6 Å². The Morgan fingerprint density at radius 2 is 1.74 bits per heavy atom. The van der Waals surface area contributed by atoms with E-state index in [4.69, 9.17) is 4.74 Å². The maximum absolute atomic E-state index is 10.9. The van der Waals surface area contributed by atoms with Crippen LogP contribution < -0.4 is 5.32 Å². The van der Waals surface area contributed by atoms with Crippen molar-refractivity contribution in [2.24, 2.45) is 0 Å². The quantitative estimate of drug-likeness (QED) is 0.795. The van der Waals surface area contributed by atoms with Crippen molar-refractivity contribution < 1.29 is 14.3 Å². The summed E-state index contributed by atoms with van der Waals surface area (Å²) in [5.74, 6) is 0.402. The first-order valence-electron chi connectivity index (χ1n) is 7.38. The van der Waals surface area contributed by atoms with Gasteiger partial charge >= 0.3 is 6.09 Å². The molecule has 112 valence electrons. The fourth-order valence-corrected chi connectivity index (χ4v) is 1.82. The summed E-state index contributed by atoms with van der Waals surface area (Å²) < 4.78 is 4.81. The molecule has 0 aliphatic carbocycles. The zero-order valence-corrected chi connectivity index (χ0v) is 12.5. The third-order valence-electron chi connectivity index (χ3n) is 2.79. The highest BCUT2D eigenvalue weighted by Gasteiger charge is 2.17. The van der Waals surface area contributed by atoms with Gasteiger partial charge in [-0.05, 0) is 19.8 Å². The molecule has 0 aromatic rings. The van der Waals surface area contributed by atoms with Crippen LogP contribution in [0.5, 0.6) is 0 Å². The van der Waals surface area contributed by atoms with Crippen molar-refractivity contribution in [3.8, 4) is 0 Å². The summed E-state index contributed by atoms with van der Waals surface area (Å²) in [5, 5.41) is 3.09. The van der Waals surface area contributed by atoms with Crippen LogP contribution in [-0.4, -0.2) is 49.6 Å². The van der Waals surface area contributed by atoms with Crippen LogP contribution in [0.1, 0.15) is 46.5 Å². The van der Waals surface area contributed by atoms with Gasteiger partial charge in [-0.3, -0.25) is 4.79 Å². The fourth-order valence-electron chi connectivity index (χ4n) is 1.82. The maximum Gasteiger partial charge on any atom is 0.409 e. The molecule has 5 nitrogen and oxygen atoms in total. The van der Waals surface area contributed by atoms with Crippen LogP contribution >= 0.6 is 0 Å². The highest BCUT2D eigenvalue weighted by molar-refractivity contribution is 5.79. The van der Waals surface area contributed by atoms with Gasteiger partial charge in [-0.25, -0.2) is 4.79 Å². The number of carbonyl (C=O) groups excluding carboxylic acids is 2.